The van der Waals surface area contributed by atoms with Crippen LogP contribution in [-0.2, 0) is 13.6 Å². The maximum atomic E-state index is 13.4. The van der Waals surface area contributed by atoms with Crippen LogP contribution in [0.5, 0.6) is 0 Å². The summed E-state index contributed by atoms with van der Waals surface area (Å²) in [5.74, 6) is -0.272. The standard InChI is InChI=1S/C13H17FN4OS/c1-8(2)15-7-9-6-10(14)4-5-11(9)20-13-17-16-12(19)18(13)3/h4-6,8,15H,7H2,1-3H3,(H,16,19). The van der Waals surface area contributed by atoms with Crippen LogP contribution in [0.4, 0.5) is 4.39 Å². The molecule has 0 aliphatic carbocycles. The van der Waals surface area contributed by atoms with E-state index in [1.165, 1.54) is 28.5 Å². The minimum atomic E-state index is -0.272. The average Bonchev–Trinajstić information content (AvgIpc) is 2.71. The van der Waals surface area contributed by atoms with Crippen molar-refractivity contribution in [2.24, 2.45) is 7.05 Å². The molecule has 1 aromatic heterocycles. The van der Waals surface area contributed by atoms with E-state index in [1.54, 1.807) is 13.1 Å². The summed E-state index contributed by atoms with van der Waals surface area (Å²) in [6, 6.07) is 4.93. The van der Waals surface area contributed by atoms with Crippen molar-refractivity contribution in [1.29, 1.82) is 0 Å². The maximum Gasteiger partial charge on any atom is 0.343 e. The van der Waals surface area contributed by atoms with Crippen LogP contribution >= 0.6 is 11.8 Å². The van der Waals surface area contributed by atoms with Gasteiger partial charge in [0.2, 0.25) is 0 Å². The molecule has 1 aromatic carbocycles. The van der Waals surface area contributed by atoms with Gasteiger partial charge in [0.1, 0.15) is 5.82 Å². The first-order valence-corrected chi connectivity index (χ1v) is 7.10. The molecule has 0 aliphatic rings. The first-order valence-electron chi connectivity index (χ1n) is 6.28. The van der Waals surface area contributed by atoms with Crippen LogP contribution < -0.4 is 11.0 Å². The largest absolute Gasteiger partial charge is 0.343 e. The van der Waals surface area contributed by atoms with E-state index >= 15 is 0 Å². The van der Waals surface area contributed by atoms with Gasteiger partial charge in [0.05, 0.1) is 0 Å². The van der Waals surface area contributed by atoms with E-state index in [0.29, 0.717) is 17.7 Å². The minimum Gasteiger partial charge on any atom is -0.310 e. The van der Waals surface area contributed by atoms with E-state index in [0.717, 1.165) is 10.5 Å². The molecule has 0 atom stereocenters. The highest BCUT2D eigenvalue weighted by Crippen LogP contribution is 2.28. The lowest BCUT2D eigenvalue weighted by molar-refractivity contribution is 0.576. The Hall–Kier alpha value is -1.60. The highest BCUT2D eigenvalue weighted by atomic mass is 32.2. The lowest BCUT2D eigenvalue weighted by Crippen LogP contribution is -2.22. The lowest BCUT2D eigenvalue weighted by Gasteiger charge is -2.12. The number of halogens is 1. The predicted molar refractivity (Wildman–Crippen MR) is 76.3 cm³/mol. The summed E-state index contributed by atoms with van der Waals surface area (Å²) in [6.07, 6.45) is 0. The van der Waals surface area contributed by atoms with Crippen LogP contribution in [0.1, 0.15) is 19.4 Å². The van der Waals surface area contributed by atoms with Gasteiger partial charge in [0.25, 0.3) is 0 Å². The van der Waals surface area contributed by atoms with Crippen LogP contribution in [0.25, 0.3) is 0 Å². The molecule has 0 radical (unpaired) electrons. The van der Waals surface area contributed by atoms with Gasteiger partial charge in [0.15, 0.2) is 5.16 Å². The number of nitrogens with one attached hydrogen (secondary N) is 2. The number of benzene rings is 1. The van der Waals surface area contributed by atoms with E-state index in [2.05, 4.69) is 15.5 Å². The number of H-pyrrole nitrogens is 1. The summed E-state index contributed by atoms with van der Waals surface area (Å²) in [4.78, 5) is 12.2. The smallest absolute Gasteiger partial charge is 0.310 e. The van der Waals surface area contributed by atoms with Crippen molar-refractivity contribution in [3.63, 3.8) is 0 Å². The fraction of sp³-hybridized carbons (Fsp3) is 0.385. The Labute approximate surface area is 120 Å². The molecular formula is C13H17FN4OS. The highest BCUT2D eigenvalue weighted by Gasteiger charge is 2.11. The third-order valence-corrected chi connectivity index (χ3v) is 3.93. The first kappa shape index (κ1) is 14.8. The highest BCUT2D eigenvalue weighted by molar-refractivity contribution is 7.99. The molecule has 7 heteroatoms. The quantitative estimate of drug-likeness (QED) is 0.884. The summed E-state index contributed by atoms with van der Waals surface area (Å²) >= 11 is 1.34. The molecule has 0 saturated heterocycles. The van der Waals surface area contributed by atoms with Crippen LogP contribution in [0.15, 0.2) is 33.0 Å². The predicted octanol–water partition coefficient (Wildman–Crippen LogP) is 1.90. The monoisotopic (exact) mass is 296 g/mol. The molecule has 0 amide bonds. The van der Waals surface area contributed by atoms with E-state index in [1.807, 2.05) is 13.8 Å². The molecule has 1 heterocycles. The number of hydrogen-bond acceptors (Lipinski definition) is 4. The van der Waals surface area contributed by atoms with Crippen molar-refractivity contribution in [3.8, 4) is 0 Å². The number of hydrogen-bond donors (Lipinski definition) is 2. The zero-order chi connectivity index (χ0) is 14.7. The summed E-state index contributed by atoms with van der Waals surface area (Å²) in [6.45, 7) is 4.63. The second-order valence-electron chi connectivity index (χ2n) is 4.76. The fourth-order valence-electron chi connectivity index (χ4n) is 1.62. The van der Waals surface area contributed by atoms with Crippen molar-refractivity contribution in [3.05, 3.63) is 40.1 Å². The average molecular weight is 296 g/mol. The second-order valence-corrected chi connectivity index (χ2v) is 5.77. The van der Waals surface area contributed by atoms with Crippen LogP contribution in [0, 0.1) is 5.82 Å². The Bertz CT molecular complexity index is 650. The van der Waals surface area contributed by atoms with Gasteiger partial charge in [-0.1, -0.05) is 13.8 Å². The van der Waals surface area contributed by atoms with Crippen molar-refractivity contribution in [2.75, 3.05) is 0 Å². The molecule has 0 spiro atoms. The van der Waals surface area contributed by atoms with E-state index in [-0.39, 0.29) is 11.5 Å². The molecule has 0 saturated carbocycles. The third kappa shape index (κ3) is 3.49. The molecule has 2 rings (SSSR count). The second kappa shape index (κ2) is 6.23. The van der Waals surface area contributed by atoms with Gasteiger partial charge in [-0.3, -0.25) is 4.57 Å². The summed E-state index contributed by atoms with van der Waals surface area (Å²) in [5, 5.41) is 10.1. The molecule has 20 heavy (non-hydrogen) atoms. The Kier molecular flexibility index (Phi) is 4.61. The molecule has 0 unspecified atom stereocenters. The number of rotatable bonds is 5. The molecule has 0 bridgehead atoms. The molecule has 0 fully saturated rings. The normalized spacial score (nSPS) is 11.2. The zero-order valence-electron chi connectivity index (χ0n) is 11.6. The van der Waals surface area contributed by atoms with Crippen molar-refractivity contribution >= 4 is 11.8 Å². The Morgan fingerprint density at radius 2 is 2.25 bits per heavy atom. The van der Waals surface area contributed by atoms with Gasteiger partial charge < -0.3 is 5.32 Å². The van der Waals surface area contributed by atoms with E-state index in [4.69, 9.17) is 0 Å². The summed E-state index contributed by atoms with van der Waals surface area (Å²) < 4.78 is 14.8. The zero-order valence-corrected chi connectivity index (χ0v) is 12.4. The molecule has 2 N–H and O–H groups in total. The number of aromatic amines is 1. The Balaban J connectivity index is 2.26. The Morgan fingerprint density at radius 3 is 2.85 bits per heavy atom. The minimum absolute atomic E-state index is 0.267. The van der Waals surface area contributed by atoms with Crippen LogP contribution in [0.2, 0.25) is 0 Å². The third-order valence-electron chi connectivity index (χ3n) is 2.76. The SMILES string of the molecule is CC(C)NCc1cc(F)ccc1Sc1n[nH]c(=O)n1C. The lowest BCUT2D eigenvalue weighted by atomic mass is 10.2. The molecule has 108 valence electrons. The van der Waals surface area contributed by atoms with Gasteiger partial charge in [0, 0.05) is 24.5 Å². The van der Waals surface area contributed by atoms with Gasteiger partial charge >= 0.3 is 5.69 Å². The fourth-order valence-corrected chi connectivity index (χ4v) is 2.53. The van der Waals surface area contributed by atoms with Gasteiger partial charge in [-0.25, -0.2) is 14.3 Å². The molecule has 0 aliphatic heterocycles. The number of aromatic nitrogens is 3. The van der Waals surface area contributed by atoms with Gasteiger partial charge in [-0.2, -0.15) is 0 Å². The summed E-state index contributed by atoms with van der Waals surface area (Å²) in [7, 11) is 1.64. The van der Waals surface area contributed by atoms with Crippen molar-refractivity contribution in [1.82, 2.24) is 20.1 Å². The van der Waals surface area contributed by atoms with Gasteiger partial charge in [-0.15, -0.1) is 5.10 Å². The van der Waals surface area contributed by atoms with Crippen molar-refractivity contribution < 1.29 is 4.39 Å². The summed E-state index contributed by atoms with van der Waals surface area (Å²) in [5.41, 5.74) is 0.579. The topological polar surface area (TPSA) is 62.7 Å². The number of nitrogens with zero attached hydrogens (tertiary/aromatic N) is 2. The first-order chi connectivity index (χ1) is 9.47. The van der Waals surface area contributed by atoms with E-state index in [9.17, 15) is 9.18 Å². The van der Waals surface area contributed by atoms with Crippen LogP contribution in [-0.4, -0.2) is 20.8 Å². The molecule has 5 nitrogen and oxygen atoms in total. The van der Waals surface area contributed by atoms with Gasteiger partial charge in [-0.05, 0) is 35.5 Å². The van der Waals surface area contributed by atoms with Crippen LogP contribution in [0.3, 0.4) is 0 Å². The molecular weight excluding hydrogens is 279 g/mol. The Morgan fingerprint density at radius 1 is 1.50 bits per heavy atom. The van der Waals surface area contributed by atoms with Crippen molar-refractivity contribution in [2.45, 2.75) is 36.5 Å². The van der Waals surface area contributed by atoms with E-state index < -0.39 is 0 Å². The maximum absolute atomic E-state index is 13.4. The molecule has 2 aromatic rings.